The Bertz CT molecular complexity index is 935. The molecular weight excluding hydrogens is 340 g/mol. The summed E-state index contributed by atoms with van der Waals surface area (Å²) in [6.07, 6.45) is 2.95. The first-order valence-electron chi connectivity index (χ1n) is 9.21. The molecule has 1 aliphatic rings. The molecule has 3 N–H and O–H groups in total. The summed E-state index contributed by atoms with van der Waals surface area (Å²) in [7, 11) is 1.77. The monoisotopic (exact) mass is 364 g/mol. The molecule has 0 spiro atoms. The van der Waals surface area contributed by atoms with Crippen LogP contribution in [0.4, 0.5) is 0 Å². The summed E-state index contributed by atoms with van der Waals surface area (Å²) in [5.41, 5.74) is 2.47. The van der Waals surface area contributed by atoms with E-state index in [1.54, 1.807) is 7.05 Å². The molecule has 0 saturated carbocycles. The van der Waals surface area contributed by atoms with Gasteiger partial charge < -0.3 is 25.1 Å². The number of ether oxygens (including phenoxy) is 2. The second-order valence-electron chi connectivity index (χ2n) is 6.49. The Morgan fingerprint density at radius 2 is 1.93 bits per heavy atom. The minimum absolute atomic E-state index is 0.0490. The molecule has 0 fully saturated rings. The number of hydrogen-bond acceptors (Lipinski definition) is 3. The number of nitrogens with zero attached hydrogens (tertiary/aromatic N) is 1. The Morgan fingerprint density at radius 1 is 1.11 bits per heavy atom. The van der Waals surface area contributed by atoms with E-state index < -0.39 is 0 Å². The summed E-state index contributed by atoms with van der Waals surface area (Å²) in [4.78, 5) is 7.60. The normalized spacial score (nSPS) is 16.3. The van der Waals surface area contributed by atoms with Crippen molar-refractivity contribution < 1.29 is 9.47 Å². The maximum atomic E-state index is 5.96. The summed E-state index contributed by atoms with van der Waals surface area (Å²) in [5.74, 6) is 2.35. The lowest BCUT2D eigenvalue weighted by molar-refractivity contribution is 0.0936. The van der Waals surface area contributed by atoms with Crippen molar-refractivity contribution in [2.24, 2.45) is 4.99 Å². The molecule has 0 saturated heterocycles. The fraction of sp³-hybridized carbons (Fsp3) is 0.286. The van der Waals surface area contributed by atoms with Crippen molar-refractivity contribution in [1.82, 2.24) is 15.6 Å². The SMILES string of the molecule is CN=C(NCCc1c[nH]c2ccccc12)NCC1COc2ccccc2O1. The lowest BCUT2D eigenvalue weighted by Gasteiger charge is -2.27. The molecule has 1 aliphatic heterocycles. The number of nitrogens with one attached hydrogen (secondary N) is 3. The van der Waals surface area contributed by atoms with Crippen LogP contribution in [0.25, 0.3) is 10.9 Å². The standard InChI is InChI=1S/C21H24N4O2/c1-22-21(23-11-10-15-12-24-18-7-3-2-6-17(15)18)25-13-16-14-26-19-8-4-5-9-20(19)27-16/h2-9,12,16,24H,10-11,13-14H2,1H3,(H2,22,23,25). The molecule has 4 rings (SSSR count). The number of H-pyrrole nitrogens is 1. The molecule has 1 atom stereocenters. The maximum Gasteiger partial charge on any atom is 0.191 e. The Balaban J connectivity index is 1.25. The smallest absolute Gasteiger partial charge is 0.191 e. The minimum Gasteiger partial charge on any atom is -0.486 e. The van der Waals surface area contributed by atoms with Crippen LogP contribution in [0, 0.1) is 0 Å². The molecule has 0 amide bonds. The fourth-order valence-corrected chi connectivity index (χ4v) is 3.25. The number of benzene rings is 2. The Kier molecular flexibility index (Phi) is 5.14. The zero-order valence-electron chi connectivity index (χ0n) is 15.4. The van der Waals surface area contributed by atoms with Gasteiger partial charge in [-0.3, -0.25) is 4.99 Å². The summed E-state index contributed by atoms with van der Waals surface area (Å²) >= 11 is 0. The van der Waals surface area contributed by atoms with E-state index in [2.05, 4.69) is 45.0 Å². The van der Waals surface area contributed by atoms with Crippen LogP contribution in [0.1, 0.15) is 5.56 Å². The van der Waals surface area contributed by atoms with Gasteiger partial charge in [0.2, 0.25) is 0 Å². The number of para-hydroxylation sites is 3. The largest absolute Gasteiger partial charge is 0.486 e. The Hall–Kier alpha value is -3.15. The molecule has 0 aliphatic carbocycles. The van der Waals surface area contributed by atoms with E-state index in [0.717, 1.165) is 30.4 Å². The van der Waals surface area contributed by atoms with Gasteiger partial charge in [0, 0.05) is 30.7 Å². The van der Waals surface area contributed by atoms with Crippen molar-refractivity contribution in [2.45, 2.75) is 12.5 Å². The first-order chi connectivity index (χ1) is 13.3. The van der Waals surface area contributed by atoms with E-state index >= 15 is 0 Å². The summed E-state index contributed by atoms with van der Waals surface area (Å²) in [6.45, 7) is 1.95. The number of fused-ring (bicyclic) bond motifs is 2. The van der Waals surface area contributed by atoms with E-state index in [4.69, 9.17) is 9.47 Å². The molecule has 140 valence electrons. The maximum absolute atomic E-state index is 5.96. The molecular formula is C21H24N4O2. The highest BCUT2D eigenvalue weighted by molar-refractivity contribution is 5.83. The minimum atomic E-state index is -0.0490. The number of aromatic amines is 1. The van der Waals surface area contributed by atoms with Crippen LogP contribution in [0.15, 0.2) is 59.7 Å². The highest BCUT2D eigenvalue weighted by Crippen LogP contribution is 2.30. The predicted molar refractivity (Wildman–Crippen MR) is 108 cm³/mol. The molecule has 3 aromatic rings. The van der Waals surface area contributed by atoms with Gasteiger partial charge in [-0.15, -0.1) is 0 Å². The molecule has 6 nitrogen and oxygen atoms in total. The zero-order chi connectivity index (χ0) is 18.5. The van der Waals surface area contributed by atoms with Gasteiger partial charge in [0.25, 0.3) is 0 Å². The summed E-state index contributed by atoms with van der Waals surface area (Å²) < 4.78 is 11.7. The third-order valence-corrected chi connectivity index (χ3v) is 4.65. The van der Waals surface area contributed by atoms with E-state index in [1.807, 2.05) is 30.3 Å². The lowest BCUT2D eigenvalue weighted by Crippen LogP contribution is -2.45. The quantitative estimate of drug-likeness (QED) is 0.481. The molecule has 0 bridgehead atoms. The number of aromatic nitrogens is 1. The third kappa shape index (κ3) is 4.00. The molecule has 1 aromatic heterocycles. The van der Waals surface area contributed by atoms with Crippen molar-refractivity contribution in [3.63, 3.8) is 0 Å². The highest BCUT2D eigenvalue weighted by Gasteiger charge is 2.20. The average molecular weight is 364 g/mol. The number of rotatable bonds is 5. The molecule has 2 heterocycles. The van der Waals surface area contributed by atoms with E-state index in [9.17, 15) is 0 Å². The zero-order valence-corrected chi connectivity index (χ0v) is 15.4. The van der Waals surface area contributed by atoms with Crippen LogP contribution in [0.5, 0.6) is 11.5 Å². The van der Waals surface area contributed by atoms with E-state index in [1.165, 1.54) is 16.5 Å². The van der Waals surface area contributed by atoms with Gasteiger partial charge in [-0.05, 0) is 30.2 Å². The van der Waals surface area contributed by atoms with Crippen LogP contribution >= 0.6 is 0 Å². The van der Waals surface area contributed by atoms with E-state index in [-0.39, 0.29) is 6.10 Å². The van der Waals surface area contributed by atoms with Crippen LogP contribution in [-0.4, -0.2) is 43.8 Å². The molecule has 27 heavy (non-hydrogen) atoms. The second kappa shape index (κ2) is 8.03. The van der Waals surface area contributed by atoms with Gasteiger partial charge in [-0.2, -0.15) is 0 Å². The number of aliphatic imine (C=N–C) groups is 1. The van der Waals surface area contributed by atoms with Crippen molar-refractivity contribution in [2.75, 3.05) is 26.7 Å². The van der Waals surface area contributed by atoms with E-state index in [0.29, 0.717) is 13.2 Å². The van der Waals surface area contributed by atoms with Gasteiger partial charge in [-0.1, -0.05) is 30.3 Å². The van der Waals surface area contributed by atoms with Gasteiger partial charge >= 0.3 is 0 Å². The average Bonchev–Trinajstić information content (AvgIpc) is 3.13. The van der Waals surface area contributed by atoms with Crippen LogP contribution in [0.3, 0.4) is 0 Å². The van der Waals surface area contributed by atoms with Crippen LogP contribution < -0.4 is 20.1 Å². The van der Waals surface area contributed by atoms with Gasteiger partial charge in [-0.25, -0.2) is 0 Å². The Labute approximate surface area is 158 Å². The Morgan fingerprint density at radius 3 is 2.81 bits per heavy atom. The molecule has 0 radical (unpaired) electrons. The van der Waals surface area contributed by atoms with Crippen molar-refractivity contribution in [3.05, 3.63) is 60.3 Å². The van der Waals surface area contributed by atoms with Crippen molar-refractivity contribution in [1.29, 1.82) is 0 Å². The topological polar surface area (TPSA) is 70.7 Å². The first-order valence-corrected chi connectivity index (χ1v) is 9.21. The third-order valence-electron chi connectivity index (χ3n) is 4.65. The van der Waals surface area contributed by atoms with Crippen molar-refractivity contribution in [3.8, 4) is 11.5 Å². The molecule has 1 unspecified atom stereocenters. The molecule has 2 aromatic carbocycles. The highest BCUT2D eigenvalue weighted by atomic mass is 16.6. The predicted octanol–water partition coefficient (Wildman–Crippen LogP) is 2.72. The van der Waals surface area contributed by atoms with Crippen LogP contribution in [0.2, 0.25) is 0 Å². The van der Waals surface area contributed by atoms with Gasteiger partial charge in [0.1, 0.15) is 12.7 Å². The summed E-state index contributed by atoms with van der Waals surface area (Å²) in [5, 5.41) is 7.94. The van der Waals surface area contributed by atoms with Gasteiger partial charge in [0.05, 0.1) is 6.54 Å². The number of guanidine groups is 1. The number of hydrogen-bond donors (Lipinski definition) is 3. The summed E-state index contributed by atoms with van der Waals surface area (Å²) in [6, 6.07) is 16.1. The van der Waals surface area contributed by atoms with Crippen molar-refractivity contribution >= 4 is 16.9 Å². The molecule has 6 heteroatoms. The second-order valence-corrected chi connectivity index (χ2v) is 6.49. The lowest BCUT2D eigenvalue weighted by atomic mass is 10.1. The first kappa shape index (κ1) is 17.3. The van der Waals surface area contributed by atoms with Gasteiger partial charge in [0.15, 0.2) is 17.5 Å². The fourth-order valence-electron chi connectivity index (χ4n) is 3.25. The van der Waals surface area contributed by atoms with Crippen LogP contribution in [-0.2, 0) is 6.42 Å².